The minimum atomic E-state index is -0.541. The lowest BCUT2D eigenvalue weighted by molar-refractivity contribution is -0.154. The van der Waals surface area contributed by atoms with Gasteiger partial charge >= 0.3 is 11.9 Å². The summed E-state index contributed by atoms with van der Waals surface area (Å²) in [5, 5.41) is 3.50. The molecule has 2 atom stereocenters. The molecule has 0 amide bonds. The highest BCUT2D eigenvalue weighted by atomic mass is 16.6. The summed E-state index contributed by atoms with van der Waals surface area (Å²) >= 11 is 0. The molecule has 0 aromatic heterocycles. The molecule has 2 unspecified atom stereocenters. The fourth-order valence-electron chi connectivity index (χ4n) is 4.66. The first-order valence-electron chi connectivity index (χ1n) is 15.2. The zero-order valence-electron chi connectivity index (χ0n) is 25.7. The second kappa shape index (κ2) is 17.6. The van der Waals surface area contributed by atoms with Crippen LogP contribution in [0.1, 0.15) is 65.9 Å². The van der Waals surface area contributed by atoms with E-state index in [4.69, 9.17) is 28.4 Å². The van der Waals surface area contributed by atoms with E-state index in [1.54, 1.807) is 0 Å². The van der Waals surface area contributed by atoms with Crippen LogP contribution >= 0.6 is 0 Å². The van der Waals surface area contributed by atoms with E-state index in [1.165, 1.54) is 0 Å². The maximum atomic E-state index is 12.3. The van der Waals surface area contributed by atoms with Gasteiger partial charge in [0.15, 0.2) is 12.2 Å². The van der Waals surface area contributed by atoms with E-state index in [1.807, 2.05) is 58.0 Å². The predicted octanol–water partition coefficient (Wildman–Crippen LogP) is 6.81. The van der Waals surface area contributed by atoms with E-state index in [2.05, 4.69) is 19.1 Å². The summed E-state index contributed by atoms with van der Waals surface area (Å²) in [5.74, 6) is 0.845. The SMILES string of the molecule is CCCC(=O)OC(COCC)COc1c2ccccc2c(OCC(COCC)OC(=O)CCC)c2cc(CC)ccc12. The molecule has 0 fully saturated rings. The number of carbonyl (C=O) groups excluding carboxylic acids is 2. The van der Waals surface area contributed by atoms with Crippen molar-refractivity contribution in [3.05, 3.63) is 48.0 Å². The van der Waals surface area contributed by atoms with Crippen LogP contribution in [0.15, 0.2) is 42.5 Å². The van der Waals surface area contributed by atoms with Gasteiger partial charge in [0.2, 0.25) is 0 Å². The number of hydrogen-bond donors (Lipinski definition) is 0. The highest BCUT2D eigenvalue weighted by molar-refractivity contribution is 6.11. The van der Waals surface area contributed by atoms with Crippen LogP contribution in [0, 0.1) is 0 Å². The van der Waals surface area contributed by atoms with Gasteiger partial charge in [-0.15, -0.1) is 0 Å². The van der Waals surface area contributed by atoms with Crippen LogP contribution in [0.5, 0.6) is 11.5 Å². The number of benzene rings is 3. The van der Waals surface area contributed by atoms with Crippen molar-refractivity contribution in [3.8, 4) is 11.5 Å². The monoisotopic (exact) mass is 582 g/mol. The first-order chi connectivity index (χ1) is 20.4. The summed E-state index contributed by atoms with van der Waals surface area (Å²) in [6.45, 7) is 11.6. The Morgan fingerprint density at radius 3 is 1.55 bits per heavy atom. The topological polar surface area (TPSA) is 89.5 Å². The van der Waals surface area contributed by atoms with Gasteiger partial charge in [0.05, 0.1) is 13.2 Å². The zero-order chi connectivity index (χ0) is 30.3. The second-order valence-electron chi connectivity index (χ2n) is 10.1. The minimum absolute atomic E-state index is 0.147. The molecular formula is C34H46O8. The van der Waals surface area contributed by atoms with Crippen molar-refractivity contribution in [3.63, 3.8) is 0 Å². The fourth-order valence-corrected chi connectivity index (χ4v) is 4.66. The smallest absolute Gasteiger partial charge is 0.306 e. The van der Waals surface area contributed by atoms with Gasteiger partial charge in [-0.2, -0.15) is 0 Å². The third kappa shape index (κ3) is 9.33. The molecular weight excluding hydrogens is 536 g/mol. The molecule has 0 spiro atoms. The summed E-state index contributed by atoms with van der Waals surface area (Å²) in [7, 11) is 0. The number of aryl methyl sites for hydroxylation is 1. The molecule has 8 heteroatoms. The zero-order valence-corrected chi connectivity index (χ0v) is 25.7. The molecule has 42 heavy (non-hydrogen) atoms. The summed E-state index contributed by atoms with van der Waals surface area (Å²) in [6, 6.07) is 14.1. The summed E-state index contributed by atoms with van der Waals surface area (Å²) in [5.41, 5.74) is 1.15. The van der Waals surface area contributed by atoms with Gasteiger partial charge in [0.1, 0.15) is 24.7 Å². The number of carbonyl (C=O) groups is 2. The highest BCUT2D eigenvalue weighted by Gasteiger charge is 2.22. The number of rotatable bonds is 19. The average molecular weight is 583 g/mol. The number of esters is 2. The van der Waals surface area contributed by atoms with E-state index in [-0.39, 0.29) is 38.4 Å². The molecule has 0 bridgehead atoms. The lowest BCUT2D eigenvalue weighted by Crippen LogP contribution is -2.30. The molecule has 0 heterocycles. The average Bonchev–Trinajstić information content (AvgIpc) is 2.99. The second-order valence-corrected chi connectivity index (χ2v) is 10.1. The molecule has 230 valence electrons. The van der Waals surface area contributed by atoms with Crippen molar-refractivity contribution in [2.24, 2.45) is 0 Å². The van der Waals surface area contributed by atoms with Crippen LogP contribution in [0.2, 0.25) is 0 Å². The normalized spacial score (nSPS) is 12.7. The van der Waals surface area contributed by atoms with Gasteiger partial charge in [-0.1, -0.05) is 57.2 Å². The molecule has 0 saturated heterocycles. The predicted molar refractivity (Wildman–Crippen MR) is 164 cm³/mol. The van der Waals surface area contributed by atoms with Crippen molar-refractivity contribution in [2.45, 2.75) is 78.9 Å². The van der Waals surface area contributed by atoms with Gasteiger partial charge in [-0.3, -0.25) is 9.59 Å². The van der Waals surface area contributed by atoms with Crippen molar-refractivity contribution in [1.82, 2.24) is 0 Å². The Labute approximate surface area is 249 Å². The highest BCUT2D eigenvalue weighted by Crippen LogP contribution is 2.43. The summed E-state index contributed by atoms with van der Waals surface area (Å²) in [4.78, 5) is 24.6. The van der Waals surface area contributed by atoms with E-state index in [0.29, 0.717) is 50.4 Å². The number of fused-ring (bicyclic) bond motifs is 2. The Hall–Kier alpha value is -3.36. The molecule has 0 aliphatic heterocycles. The fraction of sp³-hybridized carbons (Fsp3) is 0.529. The number of ether oxygens (including phenoxy) is 6. The summed E-state index contributed by atoms with van der Waals surface area (Å²) in [6.07, 6.45) is 1.88. The molecule has 0 aliphatic rings. The maximum Gasteiger partial charge on any atom is 0.306 e. The first-order valence-corrected chi connectivity index (χ1v) is 15.2. The maximum absolute atomic E-state index is 12.3. The summed E-state index contributed by atoms with van der Waals surface area (Å²) < 4.78 is 35.5. The van der Waals surface area contributed by atoms with Gasteiger partial charge in [0, 0.05) is 47.6 Å². The Morgan fingerprint density at radius 1 is 0.619 bits per heavy atom. The van der Waals surface area contributed by atoms with E-state index in [9.17, 15) is 9.59 Å². The molecule has 3 aromatic rings. The third-order valence-corrected chi connectivity index (χ3v) is 6.75. The molecule has 8 nitrogen and oxygen atoms in total. The van der Waals surface area contributed by atoms with Crippen LogP contribution in [-0.4, -0.2) is 63.8 Å². The van der Waals surface area contributed by atoms with Crippen molar-refractivity contribution in [2.75, 3.05) is 39.6 Å². The largest absolute Gasteiger partial charge is 0.488 e. The van der Waals surface area contributed by atoms with Crippen LogP contribution in [-0.2, 0) is 35.0 Å². The van der Waals surface area contributed by atoms with Crippen LogP contribution in [0.25, 0.3) is 21.5 Å². The van der Waals surface area contributed by atoms with Crippen LogP contribution in [0.3, 0.4) is 0 Å². The Bertz CT molecular complexity index is 1290. The number of hydrogen-bond acceptors (Lipinski definition) is 8. The van der Waals surface area contributed by atoms with Crippen molar-refractivity contribution >= 4 is 33.5 Å². The van der Waals surface area contributed by atoms with Crippen molar-refractivity contribution in [1.29, 1.82) is 0 Å². The Kier molecular flexibility index (Phi) is 13.9. The molecule has 0 N–H and O–H groups in total. The third-order valence-electron chi connectivity index (χ3n) is 6.75. The molecule has 0 saturated carbocycles. The quantitative estimate of drug-likeness (QED) is 0.113. The molecule has 3 aromatic carbocycles. The van der Waals surface area contributed by atoms with E-state index >= 15 is 0 Å². The van der Waals surface area contributed by atoms with Crippen LogP contribution < -0.4 is 9.47 Å². The lowest BCUT2D eigenvalue weighted by Gasteiger charge is -2.23. The van der Waals surface area contributed by atoms with Gasteiger partial charge in [0.25, 0.3) is 0 Å². The van der Waals surface area contributed by atoms with E-state index < -0.39 is 12.2 Å². The van der Waals surface area contributed by atoms with Gasteiger partial charge in [-0.25, -0.2) is 0 Å². The minimum Gasteiger partial charge on any atom is -0.488 e. The Balaban J connectivity index is 2.01. The van der Waals surface area contributed by atoms with Crippen LogP contribution in [0.4, 0.5) is 0 Å². The van der Waals surface area contributed by atoms with Gasteiger partial charge in [-0.05, 0) is 44.7 Å². The standard InChI is InChI=1S/C34H46O8/c1-6-13-31(35)41-25(20-37-9-4)22-39-33-27-15-11-12-16-28(27)34(30-19-24(8-3)17-18-29(30)33)40-23-26(21-38-10-5)42-32(36)14-7-2/h11-12,15-19,25-26H,6-10,13-14,20-23H2,1-5H3. The van der Waals surface area contributed by atoms with Crippen molar-refractivity contribution < 1.29 is 38.0 Å². The molecule has 0 radical (unpaired) electrons. The van der Waals surface area contributed by atoms with Gasteiger partial charge < -0.3 is 28.4 Å². The molecule has 0 aliphatic carbocycles. The first kappa shape index (κ1) is 33.1. The molecule has 3 rings (SSSR count). The lowest BCUT2D eigenvalue weighted by atomic mass is 9.98. The Morgan fingerprint density at radius 2 is 1.10 bits per heavy atom. The van der Waals surface area contributed by atoms with E-state index in [0.717, 1.165) is 33.5 Å².